The molecule has 1 aliphatic carbocycles. The molecular weight excluding hydrogens is 364 g/mol. The van der Waals surface area contributed by atoms with Gasteiger partial charge in [0.05, 0.1) is 6.61 Å². The van der Waals surface area contributed by atoms with Gasteiger partial charge in [-0.25, -0.2) is 0 Å². The third kappa shape index (κ3) is 4.76. The van der Waals surface area contributed by atoms with Crippen molar-refractivity contribution in [2.24, 2.45) is 23.7 Å². The van der Waals surface area contributed by atoms with Crippen molar-refractivity contribution >= 4 is 11.8 Å². The molecule has 0 N–H and O–H groups in total. The molecule has 0 unspecified atom stereocenters. The molecule has 2 aliphatic heterocycles. The lowest BCUT2D eigenvalue weighted by molar-refractivity contribution is -0.134. The Kier molecular flexibility index (Phi) is 6.41. The third-order valence-corrected chi connectivity index (χ3v) is 7.31. The van der Waals surface area contributed by atoms with Crippen LogP contribution in [0.4, 0.5) is 0 Å². The number of likely N-dealkylation sites (tertiary alicyclic amines) is 2. The normalized spacial score (nSPS) is 26.1. The average Bonchev–Trinajstić information content (AvgIpc) is 3.43. The van der Waals surface area contributed by atoms with Crippen LogP contribution in [0.1, 0.15) is 45.4 Å². The van der Waals surface area contributed by atoms with Crippen LogP contribution in [0.2, 0.25) is 0 Å². The van der Waals surface area contributed by atoms with Crippen LogP contribution in [-0.4, -0.2) is 54.4 Å². The standard InChI is InChI=1S/C24H34N2O3/c1-18(27)25-13-11-19(12-14-25)23-16-26(24(28)20-7-5-6-8-20)15-21(23)17-29-22-9-3-2-4-10-22/h2-4,9-10,19-21,23H,5-8,11-17H2,1H3/t21-,23-/m0/s1. The van der Waals surface area contributed by atoms with Crippen LogP contribution in [0.15, 0.2) is 30.3 Å². The summed E-state index contributed by atoms with van der Waals surface area (Å²) in [6, 6.07) is 9.98. The minimum absolute atomic E-state index is 0.178. The molecule has 2 heterocycles. The van der Waals surface area contributed by atoms with Gasteiger partial charge in [-0.05, 0) is 49.7 Å². The molecule has 3 aliphatic rings. The van der Waals surface area contributed by atoms with E-state index in [2.05, 4.69) is 4.90 Å². The summed E-state index contributed by atoms with van der Waals surface area (Å²) in [6.07, 6.45) is 6.58. The zero-order chi connectivity index (χ0) is 20.2. The Morgan fingerprint density at radius 3 is 2.31 bits per heavy atom. The van der Waals surface area contributed by atoms with Gasteiger partial charge in [0.15, 0.2) is 0 Å². The number of para-hydroxylation sites is 1. The Hall–Kier alpha value is -2.04. The summed E-state index contributed by atoms with van der Waals surface area (Å²) >= 11 is 0. The molecule has 1 aromatic carbocycles. The zero-order valence-electron chi connectivity index (χ0n) is 17.6. The second-order valence-corrected chi connectivity index (χ2v) is 9.12. The van der Waals surface area contributed by atoms with Gasteiger partial charge in [0.2, 0.25) is 11.8 Å². The predicted octanol–water partition coefficient (Wildman–Crippen LogP) is 3.59. The van der Waals surface area contributed by atoms with E-state index in [9.17, 15) is 9.59 Å². The van der Waals surface area contributed by atoms with E-state index in [0.717, 1.165) is 57.6 Å². The monoisotopic (exact) mass is 398 g/mol. The molecule has 0 spiro atoms. The lowest BCUT2D eigenvalue weighted by Crippen LogP contribution is -2.41. The number of rotatable bonds is 5. The predicted molar refractivity (Wildman–Crippen MR) is 112 cm³/mol. The average molecular weight is 399 g/mol. The summed E-state index contributed by atoms with van der Waals surface area (Å²) in [5.74, 6) is 3.10. The van der Waals surface area contributed by atoms with Gasteiger partial charge in [-0.3, -0.25) is 9.59 Å². The van der Waals surface area contributed by atoms with Gasteiger partial charge in [0.25, 0.3) is 0 Å². The minimum atomic E-state index is 0.178. The second-order valence-electron chi connectivity index (χ2n) is 9.12. The van der Waals surface area contributed by atoms with Gasteiger partial charge in [-0.2, -0.15) is 0 Å². The number of ether oxygens (including phenoxy) is 1. The minimum Gasteiger partial charge on any atom is -0.493 e. The zero-order valence-corrected chi connectivity index (χ0v) is 17.6. The van der Waals surface area contributed by atoms with Crippen LogP contribution >= 0.6 is 0 Å². The first-order valence-corrected chi connectivity index (χ1v) is 11.3. The number of hydrogen-bond donors (Lipinski definition) is 0. The van der Waals surface area contributed by atoms with Crippen molar-refractivity contribution in [3.63, 3.8) is 0 Å². The highest BCUT2D eigenvalue weighted by Gasteiger charge is 2.42. The fourth-order valence-corrected chi connectivity index (χ4v) is 5.58. The highest BCUT2D eigenvalue weighted by atomic mass is 16.5. The number of benzene rings is 1. The lowest BCUT2D eigenvalue weighted by atomic mass is 9.78. The van der Waals surface area contributed by atoms with Crippen molar-refractivity contribution in [3.8, 4) is 5.75 Å². The quantitative estimate of drug-likeness (QED) is 0.762. The molecule has 29 heavy (non-hydrogen) atoms. The third-order valence-electron chi connectivity index (χ3n) is 7.31. The molecule has 1 aromatic rings. The topological polar surface area (TPSA) is 49.9 Å². The van der Waals surface area contributed by atoms with Crippen LogP contribution in [0.5, 0.6) is 5.75 Å². The molecule has 0 aromatic heterocycles. The van der Waals surface area contributed by atoms with Crippen molar-refractivity contribution in [1.82, 2.24) is 9.80 Å². The van der Waals surface area contributed by atoms with Gasteiger partial charge in [0.1, 0.15) is 5.75 Å². The Morgan fingerprint density at radius 2 is 1.66 bits per heavy atom. The molecule has 5 heteroatoms. The van der Waals surface area contributed by atoms with E-state index in [1.54, 1.807) is 6.92 Å². The number of piperidine rings is 1. The summed E-state index contributed by atoms with van der Waals surface area (Å²) < 4.78 is 6.12. The van der Waals surface area contributed by atoms with E-state index in [4.69, 9.17) is 4.74 Å². The lowest BCUT2D eigenvalue weighted by Gasteiger charge is -2.36. The molecule has 4 rings (SSSR count). The van der Waals surface area contributed by atoms with Crippen LogP contribution in [0.3, 0.4) is 0 Å². The van der Waals surface area contributed by atoms with Crippen molar-refractivity contribution in [1.29, 1.82) is 0 Å². The SMILES string of the molecule is CC(=O)N1CCC([C@@H]2CN(C(=O)C3CCCC3)C[C@H]2COc2ccccc2)CC1. The van der Waals surface area contributed by atoms with Crippen molar-refractivity contribution in [2.45, 2.75) is 45.4 Å². The number of nitrogens with zero attached hydrogens (tertiary/aromatic N) is 2. The molecule has 2 saturated heterocycles. The maximum Gasteiger partial charge on any atom is 0.225 e. The van der Waals surface area contributed by atoms with E-state index in [1.165, 1.54) is 12.8 Å². The second kappa shape index (κ2) is 9.19. The fraction of sp³-hybridized carbons (Fsp3) is 0.667. The molecule has 2 atom stereocenters. The molecule has 3 fully saturated rings. The molecule has 1 saturated carbocycles. The summed E-state index contributed by atoms with van der Waals surface area (Å²) in [7, 11) is 0. The first kappa shape index (κ1) is 20.2. The highest BCUT2D eigenvalue weighted by Crippen LogP contribution is 2.38. The molecule has 0 radical (unpaired) electrons. The Balaban J connectivity index is 1.42. The molecule has 5 nitrogen and oxygen atoms in total. The van der Waals surface area contributed by atoms with Gasteiger partial charge >= 0.3 is 0 Å². The molecule has 2 amide bonds. The maximum atomic E-state index is 13.1. The maximum absolute atomic E-state index is 13.1. The molecular formula is C24H34N2O3. The molecule has 158 valence electrons. The van der Waals surface area contributed by atoms with Crippen LogP contribution in [0, 0.1) is 23.7 Å². The largest absolute Gasteiger partial charge is 0.493 e. The number of carbonyl (C=O) groups is 2. The van der Waals surface area contributed by atoms with Crippen LogP contribution in [-0.2, 0) is 9.59 Å². The van der Waals surface area contributed by atoms with Gasteiger partial charge in [-0.15, -0.1) is 0 Å². The first-order chi connectivity index (χ1) is 14.1. The number of hydrogen-bond acceptors (Lipinski definition) is 3. The fourth-order valence-electron chi connectivity index (χ4n) is 5.58. The Morgan fingerprint density at radius 1 is 0.966 bits per heavy atom. The van der Waals surface area contributed by atoms with Crippen molar-refractivity contribution < 1.29 is 14.3 Å². The summed E-state index contributed by atoms with van der Waals surface area (Å²) in [6.45, 7) is 5.70. The van der Waals surface area contributed by atoms with E-state index < -0.39 is 0 Å². The summed E-state index contributed by atoms with van der Waals surface area (Å²) in [4.78, 5) is 28.9. The first-order valence-electron chi connectivity index (χ1n) is 11.3. The van der Waals surface area contributed by atoms with E-state index in [0.29, 0.717) is 30.3 Å². The highest BCUT2D eigenvalue weighted by molar-refractivity contribution is 5.79. The van der Waals surface area contributed by atoms with Crippen molar-refractivity contribution in [3.05, 3.63) is 30.3 Å². The van der Waals surface area contributed by atoms with Gasteiger partial charge in [-0.1, -0.05) is 31.0 Å². The number of carbonyl (C=O) groups excluding carboxylic acids is 2. The van der Waals surface area contributed by atoms with E-state index >= 15 is 0 Å². The number of amides is 2. The van der Waals surface area contributed by atoms with Crippen LogP contribution in [0.25, 0.3) is 0 Å². The Labute approximate surface area is 174 Å². The van der Waals surface area contributed by atoms with Crippen LogP contribution < -0.4 is 4.74 Å². The van der Waals surface area contributed by atoms with E-state index in [-0.39, 0.29) is 11.8 Å². The smallest absolute Gasteiger partial charge is 0.225 e. The van der Waals surface area contributed by atoms with E-state index in [1.807, 2.05) is 35.2 Å². The van der Waals surface area contributed by atoms with Crippen molar-refractivity contribution in [2.75, 3.05) is 32.8 Å². The Bertz CT molecular complexity index is 693. The van der Waals surface area contributed by atoms with Gasteiger partial charge < -0.3 is 14.5 Å². The summed E-state index contributed by atoms with van der Waals surface area (Å²) in [5.41, 5.74) is 0. The summed E-state index contributed by atoms with van der Waals surface area (Å²) in [5, 5.41) is 0. The van der Waals surface area contributed by atoms with Gasteiger partial charge in [0, 0.05) is 44.9 Å². The molecule has 0 bridgehead atoms.